The zero-order valence-electron chi connectivity index (χ0n) is 13.9. The smallest absolute Gasteiger partial charge is 0.391 e. The first-order chi connectivity index (χ1) is 11.2. The maximum Gasteiger partial charge on any atom is 0.416 e. The Hall–Kier alpha value is -1.64. The van der Waals surface area contributed by atoms with Crippen LogP contribution in [0.4, 0.5) is 13.2 Å². The van der Waals surface area contributed by atoms with E-state index in [1.807, 2.05) is 6.92 Å². The molecule has 0 radical (unpaired) electrons. The van der Waals surface area contributed by atoms with Gasteiger partial charge in [0.05, 0.1) is 35.3 Å². The quantitative estimate of drug-likeness (QED) is 0.810. The number of aliphatic hydroxyl groups excluding tert-OH is 1. The molecule has 1 aromatic heterocycles. The summed E-state index contributed by atoms with van der Waals surface area (Å²) in [6, 6.07) is 3.40. The number of alkyl halides is 3. The topological polar surface area (TPSA) is 59.3 Å². The lowest BCUT2D eigenvalue weighted by Gasteiger charge is -2.15. The number of aromatic nitrogens is 2. The minimum Gasteiger partial charge on any atom is -0.391 e. The highest BCUT2D eigenvalue weighted by atomic mass is 19.4. The van der Waals surface area contributed by atoms with Crippen LogP contribution in [-0.2, 0) is 18.0 Å². The standard InChI is InChI=1S/C16H22F3N3O2/c1-10(20-7-6-12(23)9-24-3)15-21-13-8-11(16(17,18)19)4-5-14(13)22(15)2/h4-5,8,10,12,20,23H,6-7,9H2,1-3H3. The molecule has 0 amide bonds. The van der Waals surface area contributed by atoms with Gasteiger partial charge in [-0.25, -0.2) is 4.98 Å². The molecule has 2 atom stereocenters. The molecule has 0 fully saturated rings. The van der Waals surface area contributed by atoms with Crippen molar-refractivity contribution in [1.29, 1.82) is 0 Å². The van der Waals surface area contributed by atoms with Crippen LogP contribution in [-0.4, -0.2) is 41.0 Å². The maximum absolute atomic E-state index is 12.8. The second-order valence-corrected chi connectivity index (χ2v) is 5.80. The van der Waals surface area contributed by atoms with E-state index in [1.54, 1.807) is 11.6 Å². The zero-order chi connectivity index (χ0) is 17.9. The predicted molar refractivity (Wildman–Crippen MR) is 84.6 cm³/mol. The van der Waals surface area contributed by atoms with Gasteiger partial charge in [-0.15, -0.1) is 0 Å². The average Bonchev–Trinajstić information content (AvgIpc) is 2.83. The van der Waals surface area contributed by atoms with E-state index in [0.29, 0.717) is 29.8 Å². The Morgan fingerprint density at radius 3 is 2.71 bits per heavy atom. The molecule has 5 nitrogen and oxygen atoms in total. The number of nitrogens with zero attached hydrogens (tertiary/aromatic N) is 2. The minimum absolute atomic E-state index is 0.161. The number of hydrogen-bond acceptors (Lipinski definition) is 4. The fourth-order valence-electron chi connectivity index (χ4n) is 2.62. The summed E-state index contributed by atoms with van der Waals surface area (Å²) in [6.07, 6.45) is -4.42. The molecule has 2 rings (SSSR count). The van der Waals surface area contributed by atoms with Crippen molar-refractivity contribution in [2.75, 3.05) is 20.3 Å². The number of aryl methyl sites for hydroxylation is 1. The van der Waals surface area contributed by atoms with Gasteiger partial charge >= 0.3 is 6.18 Å². The highest BCUT2D eigenvalue weighted by molar-refractivity contribution is 5.77. The minimum atomic E-state index is -4.38. The van der Waals surface area contributed by atoms with Gasteiger partial charge in [-0.3, -0.25) is 0 Å². The number of benzene rings is 1. The second-order valence-electron chi connectivity index (χ2n) is 5.80. The summed E-state index contributed by atoms with van der Waals surface area (Å²) >= 11 is 0. The van der Waals surface area contributed by atoms with Crippen LogP contribution >= 0.6 is 0 Å². The Morgan fingerprint density at radius 2 is 2.08 bits per heavy atom. The number of aliphatic hydroxyl groups is 1. The van der Waals surface area contributed by atoms with Crippen molar-refractivity contribution in [3.05, 3.63) is 29.6 Å². The molecule has 0 bridgehead atoms. The molecule has 0 aliphatic heterocycles. The first-order valence-electron chi connectivity index (χ1n) is 7.68. The first-order valence-corrected chi connectivity index (χ1v) is 7.68. The van der Waals surface area contributed by atoms with Crippen LogP contribution in [0.1, 0.15) is 30.8 Å². The molecule has 24 heavy (non-hydrogen) atoms. The lowest BCUT2D eigenvalue weighted by Crippen LogP contribution is -2.26. The molecule has 0 spiro atoms. The summed E-state index contributed by atoms with van der Waals surface area (Å²) in [5.74, 6) is 0.644. The summed E-state index contributed by atoms with van der Waals surface area (Å²) in [4.78, 5) is 4.33. The zero-order valence-corrected chi connectivity index (χ0v) is 13.9. The number of ether oxygens (including phenoxy) is 1. The Balaban J connectivity index is 2.12. The fourth-order valence-corrected chi connectivity index (χ4v) is 2.62. The number of rotatable bonds is 7. The third-order valence-corrected chi connectivity index (χ3v) is 3.92. The molecule has 134 valence electrons. The van der Waals surface area contributed by atoms with Gasteiger partial charge in [0.2, 0.25) is 0 Å². The molecule has 0 saturated heterocycles. The lowest BCUT2D eigenvalue weighted by molar-refractivity contribution is -0.137. The lowest BCUT2D eigenvalue weighted by atomic mass is 10.2. The van der Waals surface area contributed by atoms with Crippen molar-refractivity contribution >= 4 is 11.0 Å². The predicted octanol–water partition coefficient (Wildman–Crippen LogP) is 2.64. The number of hydrogen-bond donors (Lipinski definition) is 2. The van der Waals surface area contributed by atoms with E-state index in [9.17, 15) is 18.3 Å². The van der Waals surface area contributed by atoms with Crippen LogP contribution in [0.15, 0.2) is 18.2 Å². The molecule has 0 aliphatic rings. The molecular weight excluding hydrogens is 323 g/mol. The summed E-state index contributed by atoms with van der Waals surface area (Å²) in [7, 11) is 3.30. The molecule has 1 aromatic carbocycles. The van der Waals surface area contributed by atoms with Gasteiger partial charge in [0.15, 0.2) is 0 Å². The fraction of sp³-hybridized carbons (Fsp3) is 0.562. The van der Waals surface area contributed by atoms with Crippen LogP contribution in [0.25, 0.3) is 11.0 Å². The Labute approximate surface area is 138 Å². The van der Waals surface area contributed by atoms with Crippen LogP contribution in [0.5, 0.6) is 0 Å². The summed E-state index contributed by atoms with van der Waals surface area (Å²) in [5, 5.41) is 12.8. The molecule has 2 unspecified atom stereocenters. The highest BCUT2D eigenvalue weighted by Gasteiger charge is 2.31. The van der Waals surface area contributed by atoms with Gasteiger partial charge in [-0.2, -0.15) is 13.2 Å². The molecule has 2 aromatic rings. The van der Waals surface area contributed by atoms with Crippen molar-refractivity contribution in [2.24, 2.45) is 7.05 Å². The van der Waals surface area contributed by atoms with Crippen molar-refractivity contribution in [2.45, 2.75) is 31.7 Å². The van der Waals surface area contributed by atoms with Gasteiger partial charge in [-0.05, 0) is 38.1 Å². The Kier molecular flexibility index (Phi) is 5.84. The summed E-state index contributed by atoms with van der Waals surface area (Å²) in [5.41, 5.74) is 0.254. The van der Waals surface area contributed by atoms with Gasteiger partial charge in [0.25, 0.3) is 0 Å². The van der Waals surface area contributed by atoms with E-state index in [2.05, 4.69) is 10.3 Å². The maximum atomic E-state index is 12.8. The van der Waals surface area contributed by atoms with E-state index in [1.165, 1.54) is 13.2 Å². The Morgan fingerprint density at radius 1 is 1.38 bits per heavy atom. The van der Waals surface area contributed by atoms with Crippen molar-refractivity contribution in [3.8, 4) is 0 Å². The second kappa shape index (κ2) is 7.50. The van der Waals surface area contributed by atoms with Crippen LogP contribution < -0.4 is 5.32 Å². The van der Waals surface area contributed by atoms with E-state index in [4.69, 9.17) is 4.74 Å². The van der Waals surface area contributed by atoms with E-state index in [-0.39, 0.29) is 12.6 Å². The van der Waals surface area contributed by atoms with Crippen LogP contribution in [0, 0.1) is 0 Å². The summed E-state index contributed by atoms with van der Waals surface area (Å²) in [6.45, 7) is 2.69. The normalized spacial score (nSPS) is 15.0. The summed E-state index contributed by atoms with van der Waals surface area (Å²) < 4.78 is 45.1. The molecule has 1 heterocycles. The van der Waals surface area contributed by atoms with E-state index < -0.39 is 17.8 Å². The molecule has 0 saturated carbocycles. The van der Waals surface area contributed by atoms with Crippen molar-refractivity contribution in [3.63, 3.8) is 0 Å². The third kappa shape index (κ3) is 4.25. The van der Waals surface area contributed by atoms with Gasteiger partial charge < -0.3 is 19.7 Å². The van der Waals surface area contributed by atoms with Crippen molar-refractivity contribution < 1.29 is 23.0 Å². The number of fused-ring (bicyclic) bond motifs is 1. The number of methoxy groups -OCH3 is 1. The molecular formula is C16H22F3N3O2. The van der Waals surface area contributed by atoms with Crippen LogP contribution in [0.2, 0.25) is 0 Å². The van der Waals surface area contributed by atoms with E-state index in [0.717, 1.165) is 12.1 Å². The first kappa shape index (κ1) is 18.7. The molecule has 0 aliphatic carbocycles. The SMILES string of the molecule is COCC(O)CCNC(C)c1nc2cc(C(F)(F)F)ccc2n1C. The largest absolute Gasteiger partial charge is 0.416 e. The van der Waals surface area contributed by atoms with E-state index >= 15 is 0 Å². The van der Waals surface area contributed by atoms with Gasteiger partial charge in [-0.1, -0.05) is 0 Å². The van der Waals surface area contributed by atoms with Gasteiger partial charge in [0.1, 0.15) is 5.82 Å². The number of imidazole rings is 1. The molecule has 2 N–H and O–H groups in total. The average molecular weight is 345 g/mol. The highest BCUT2D eigenvalue weighted by Crippen LogP contribution is 2.31. The van der Waals surface area contributed by atoms with Gasteiger partial charge in [0, 0.05) is 14.2 Å². The number of nitrogens with one attached hydrogen (secondary N) is 1. The molecule has 8 heteroatoms. The number of halogens is 3. The monoisotopic (exact) mass is 345 g/mol. The Bertz CT molecular complexity index is 685. The van der Waals surface area contributed by atoms with Crippen LogP contribution in [0.3, 0.4) is 0 Å². The van der Waals surface area contributed by atoms with Crippen molar-refractivity contribution in [1.82, 2.24) is 14.9 Å². The third-order valence-electron chi connectivity index (χ3n) is 3.92.